The summed E-state index contributed by atoms with van der Waals surface area (Å²) in [6.45, 7) is 8.34. The number of esters is 2. The largest absolute Gasteiger partial charge is 0.463 e. The summed E-state index contributed by atoms with van der Waals surface area (Å²) in [4.78, 5) is 22.3. The molecule has 0 fully saturated rings. The van der Waals surface area contributed by atoms with Crippen LogP contribution in [-0.4, -0.2) is 24.1 Å². The molecule has 0 N–H and O–H groups in total. The third kappa shape index (κ3) is 4.07. The maximum absolute atomic E-state index is 11.3. The summed E-state index contributed by atoms with van der Waals surface area (Å²) in [6, 6.07) is 0. The van der Waals surface area contributed by atoms with Gasteiger partial charge in [-0.1, -0.05) is 6.08 Å². The molecule has 0 aliphatic rings. The van der Waals surface area contributed by atoms with E-state index in [9.17, 15) is 9.59 Å². The van der Waals surface area contributed by atoms with Gasteiger partial charge in [0, 0.05) is 0 Å². The molecule has 14 heavy (non-hydrogen) atoms. The molecular formula is C10H16O4. The lowest BCUT2D eigenvalue weighted by Crippen LogP contribution is -2.38. The van der Waals surface area contributed by atoms with Gasteiger partial charge in [-0.05, 0) is 20.8 Å². The number of carbonyl (C=O) groups is 2. The number of hydrogen-bond acceptors (Lipinski definition) is 4. The Labute approximate surface area is 83.9 Å². The highest BCUT2D eigenvalue weighted by Crippen LogP contribution is 2.12. The Morgan fingerprint density at radius 1 is 1.43 bits per heavy atom. The fraction of sp³-hybridized carbons (Fsp3) is 0.600. The van der Waals surface area contributed by atoms with Crippen molar-refractivity contribution in [3.8, 4) is 0 Å². The van der Waals surface area contributed by atoms with Crippen molar-refractivity contribution in [1.29, 1.82) is 0 Å². The van der Waals surface area contributed by atoms with Gasteiger partial charge in [0.1, 0.15) is 0 Å². The van der Waals surface area contributed by atoms with Crippen LogP contribution < -0.4 is 0 Å². The fourth-order valence-electron chi connectivity index (χ4n) is 0.791. The van der Waals surface area contributed by atoms with Crippen molar-refractivity contribution in [3.05, 3.63) is 12.7 Å². The minimum atomic E-state index is -1.23. The summed E-state index contributed by atoms with van der Waals surface area (Å²) in [6.07, 6.45) is 1.51. The predicted octanol–water partition coefficient (Wildman–Crippen LogP) is 1.45. The SMILES string of the molecule is C=CCC(=O)OC(C)(C)C(=O)OCC. The minimum absolute atomic E-state index is 0.0861. The standard InChI is InChI=1S/C10H16O4/c1-5-7-8(11)14-10(3,4)9(12)13-6-2/h5H,1,6-7H2,2-4H3. The summed E-state index contributed by atoms with van der Waals surface area (Å²) in [5.74, 6) is -1.03. The Balaban J connectivity index is 4.24. The molecule has 0 atom stereocenters. The first kappa shape index (κ1) is 12.7. The van der Waals surface area contributed by atoms with Gasteiger partial charge in [0.05, 0.1) is 13.0 Å². The lowest BCUT2D eigenvalue weighted by Gasteiger charge is -2.22. The van der Waals surface area contributed by atoms with Crippen molar-refractivity contribution in [2.24, 2.45) is 0 Å². The molecule has 0 aromatic carbocycles. The highest BCUT2D eigenvalue weighted by Gasteiger charge is 2.33. The third-order valence-electron chi connectivity index (χ3n) is 1.45. The Hall–Kier alpha value is -1.32. The van der Waals surface area contributed by atoms with Crippen molar-refractivity contribution in [3.63, 3.8) is 0 Å². The van der Waals surface area contributed by atoms with Gasteiger partial charge in [-0.3, -0.25) is 4.79 Å². The van der Waals surface area contributed by atoms with Crippen LogP contribution in [0.15, 0.2) is 12.7 Å². The highest BCUT2D eigenvalue weighted by atomic mass is 16.6. The van der Waals surface area contributed by atoms with E-state index < -0.39 is 17.5 Å². The summed E-state index contributed by atoms with van der Waals surface area (Å²) in [5, 5.41) is 0. The number of rotatable bonds is 5. The number of carbonyl (C=O) groups excluding carboxylic acids is 2. The molecule has 0 saturated carbocycles. The molecule has 0 rings (SSSR count). The summed E-state index contributed by atoms with van der Waals surface area (Å²) in [5.41, 5.74) is -1.23. The molecule has 0 radical (unpaired) electrons. The lowest BCUT2D eigenvalue weighted by atomic mass is 10.1. The van der Waals surface area contributed by atoms with E-state index in [0.717, 1.165) is 0 Å². The summed E-state index contributed by atoms with van der Waals surface area (Å²) in [7, 11) is 0. The van der Waals surface area contributed by atoms with Crippen molar-refractivity contribution in [2.75, 3.05) is 6.61 Å². The van der Waals surface area contributed by atoms with E-state index in [1.54, 1.807) is 6.92 Å². The Morgan fingerprint density at radius 2 is 2.00 bits per heavy atom. The first-order chi connectivity index (χ1) is 6.44. The van der Waals surface area contributed by atoms with Gasteiger partial charge in [-0.25, -0.2) is 4.79 Å². The molecule has 0 aliphatic heterocycles. The first-order valence-corrected chi connectivity index (χ1v) is 4.44. The third-order valence-corrected chi connectivity index (χ3v) is 1.45. The topological polar surface area (TPSA) is 52.6 Å². The van der Waals surface area contributed by atoms with Gasteiger partial charge in [-0.2, -0.15) is 0 Å². The van der Waals surface area contributed by atoms with Crippen LogP contribution in [0, 0.1) is 0 Å². The number of hydrogen-bond donors (Lipinski definition) is 0. The van der Waals surface area contributed by atoms with Gasteiger partial charge in [-0.15, -0.1) is 6.58 Å². The van der Waals surface area contributed by atoms with E-state index in [1.807, 2.05) is 0 Å². The van der Waals surface area contributed by atoms with Crippen LogP contribution in [-0.2, 0) is 19.1 Å². The second-order valence-electron chi connectivity index (χ2n) is 3.20. The van der Waals surface area contributed by atoms with Crippen LogP contribution in [0.3, 0.4) is 0 Å². The van der Waals surface area contributed by atoms with E-state index in [4.69, 9.17) is 9.47 Å². The van der Waals surface area contributed by atoms with Gasteiger partial charge in [0.15, 0.2) is 0 Å². The maximum atomic E-state index is 11.3. The molecule has 4 heteroatoms. The molecule has 4 nitrogen and oxygen atoms in total. The van der Waals surface area contributed by atoms with Gasteiger partial charge < -0.3 is 9.47 Å². The molecule has 0 spiro atoms. The summed E-state index contributed by atoms with van der Waals surface area (Å²) >= 11 is 0. The molecule has 0 aliphatic carbocycles. The van der Waals surface area contributed by atoms with Crippen LogP contribution in [0.5, 0.6) is 0 Å². The van der Waals surface area contributed by atoms with E-state index >= 15 is 0 Å². The molecule has 0 bridgehead atoms. The van der Waals surface area contributed by atoms with Crippen LogP contribution in [0.25, 0.3) is 0 Å². The summed E-state index contributed by atoms with van der Waals surface area (Å²) < 4.78 is 9.65. The van der Waals surface area contributed by atoms with Crippen LogP contribution in [0.4, 0.5) is 0 Å². The average Bonchev–Trinajstić information content (AvgIpc) is 2.03. The normalized spacial score (nSPS) is 10.5. The van der Waals surface area contributed by atoms with Crippen LogP contribution >= 0.6 is 0 Å². The number of ether oxygens (including phenoxy) is 2. The van der Waals surface area contributed by atoms with Crippen LogP contribution in [0.1, 0.15) is 27.2 Å². The predicted molar refractivity (Wildman–Crippen MR) is 51.6 cm³/mol. The van der Waals surface area contributed by atoms with E-state index in [2.05, 4.69) is 6.58 Å². The fourth-order valence-corrected chi connectivity index (χ4v) is 0.791. The zero-order valence-corrected chi connectivity index (χ0v) is 8.83. The monoisotopic (exact) mass is 200 g/mol. The molecule has 0 heterocycles. The Morgan fingerprint density at radius 3 is 2.43 bits per heavy atom. The smallest absolute Gasteiger partial charge is 0.349 e. The van der Waals surface area contributed by atoms with Gasteiger partial charge >= 0.3 is 11.9 Å². The maximum Gasteiger partial charge on any atom is 0.349 e. The quantitative estimate of drug-likeness (QED) is 0.498. The zero-order chi connectivity index (χ0) is 11.2. The second kappa shape index (κ2) is 5.42. The van der Waals surface area contributed by atoms with E-state index in [1.165, 1.54) is 19.9 Å². The molecule has 0 amide bonds. The molecule has 80 valence electrons. The zero-order valence-electron chi connectivity index (χ0n) is 8.83. The van der Waals surface area contributed by atoms with Gasteiger partial charge in [0.25, 0.3) is 0 Å². The first-order valence-electron chi connectivity index (χ1n) is 4.44. The van der Waals surface area contributed by atoms with E-state index in [0.29, 0.717) is 0 Å². The van der Waals surface area contributed by atoms with Crippen molar-refractivity contribution < 1.29 is 19.1 Å². The van der Waals surface area contributed by atoms with Crippen LogP contribution in [0.2, 0.25) is 0 Å². The van der Waals surface area contributed by atoms with Crippen molar-refractivity contribution in [2.45, 2.75) is 32.8 Å². The van der Waals surface area contributed by atoms with E-state index in [-0.39, 0.29) is 13.0 Å². The highest BCUT2D eigenvalue weighted by molar-refractivity contribution is 5.82. The lowest BCUT2D eigenvalue weighted by molar-refractivity contribution is -0.177. The molecular weight excluding hydrogens is 184 g/mol. The second-order valence-corrected chi connectivity index (χ2v) is 3.20. The molecule has 0 saturated heterocycles. The van der Waals surface area contributed by atoms with Crippen molar-refractivity contribution in [1.82, 2.24) is 0 Å². The average molecular weight is 200 g/mol. The van der Waals surface area contributed by atoms with Crippen molar-refractivity contribution >= 4 is 11.9 Å². The molecule has 0 aromatic heterocycles. The van der Waals surface area contributed by atoms with Gasteiger partial charge in [0.2, 0.25) is 5.60 Å². The minimum Gasteiger partial charge on any atom is -0.463 e. The molecule has 0 unspecified atom stereocenters. The Bertz CT molecular complexity index is 230. The molecule has 0 aromatic rings. The Kier molecular flexibility index (Phi) is 4.91.